The van der Waals surface area contributed by atoms with Gasteiger partial charge in [0, 0.05) is 32.7 Å². The Balaban J connectivity index is 1.48. The molecule has 0 bridgehead atoms. The zero-order valence-electron chi connectivity index (χ0n) is 16.5. The van der Waals surface area contributed by atoms with Crippen LogP contribution in [0, 0.1) is 6.92 Å². The van der Waals surface area contributed by atoms with Gasteiger partial charge in [-0.2, -0.15) is 4.31 Å². The van der Waals surface area contributed by atoms with Crippen LogP contribution < -0.4 is 9.47 Å². The summed E-state index contributed by atoms with van der Waals surface area (Å²) < 4.78 is 38.4. The van der Waals surface area contributed by atoms with Crippen LogP contribution in [-0.2, 0) is 10.0 Å². The summed E-state index contributed by atoms with van der Waals surface area (Å²) in [5.74, 6) is 1.55. The molecule has 0 aliphatic carbocycles. The van der Waals surface area contributed by atoms with Gasteiger partial charge in [-0.25, -0.2) is 8.42 Å². The number of rotatable bonds is 8. The summed E-state index contributed by atoms with van der Waals surface area (Å²) in [7, 11) is -3.47. The minimum atomic E-state index is -3.47. The second-order valence-corrected chi connectivity index (χ2v) is 8.75. The predicted octanol–water partition coefficient (Wildman–Crippen LogP) is 2.78. The van der Waals surface area contributed by atoms with Crippen LogP contribution in [0.15, 0.2) is 53.4 Å². The third kappa shape index (κ3) is 5.25. The number of nitrogens with zero attached hydrogens (tertiary/aromatic N) is 2. The smallest absolute Gasteiger partial charge is 0.243 e. The highest BCUT2D eigenvalue weighted by atomic mass is 32.2. The molecule has 1 heterocycles. The summed E-state index contributed by atoms with van der Waals surface area (Å²) in [6.45, 7) is 8.25. The lowest BCUT2D eigenvalue weighted by Gasteiger charge is -2.33. The summed E-state index contributed by atoms with van der Waals surface area (Å²) in [6, 6.07) is 14.6. The molecule has 0 saturated carbocycles. The van der Waals surface area contributed by atoms with Gasteiger partial charge in [0.25, 0.3) is 0 Å². The second kappa shape index (κ2) is 9.41. The third-order valence-electron chi connectivity index (χ3n) is 4.77. The Bertz CT molecular complexity index is 860. The van der Waals surface area contributed by atoms with Crippen molar-refractivity contribution in [3.05, 3.63) is 54.1 Å². The van der Waals surface area contributed by atoms with E-state index in [2.05, 4.69) is 4.90 Å². The fraction of sp³-hybridized carbons (Fsp3) is 0.429. The molecule has 3 rings (SSSR count). The van der Waals surface area contributed by atoms with Crippen molar-refractivity contribution in [2.24, 2.45) is 0 Å². The van der Waals surface area contributed by atoms with Crippen LogP contribution in [0.2, 0.25) is 0 Å². The Morgan fingerprint density at radius 3 is 2.29 bits per heavy atom. The topological polar surface area (TPSA) is 59.1 Å². The number of piperazine rings is 1. The first-order chi connectivity index (χ1) is 13.5. The molecule has 0 atom stereocenters. The van der Waals surface area contributed by atoms with Gasteiger partial charge in [-0.3, -0.25) is 4.90 Å². The van der Waals surface area contributed by atoms with E-state index in [0.29, 0.717) is 50.0 Å². The van der Waals surface area contributed by atoms with Crippen molar-refractivity contribution >= 4 is 10.0 Å². The Kier molecular flexibility index (Phi) is 6.93. The molecule has 1 fully saturated rings. The Morgan fingerprint density at radius 1 is 0.929 bits per heavy atom. The molecular weight excluding hydrogens is 376 g/mol. The standard InChI is InChI=1S/C21H28N2O4S/c1-3-26-19-7-9-21(10-8-19)28(24,25)23-13-11-22(12-14-23)15-16-27-20-6-4-5-18(2)17-20/h4-10,17H,3,11-16H2,1-2H3. The lowest BCUT2D eigenvalue weighted by Crippen LogP contribution is -2.49. The van der Waals surface area contributed by atoms with Crippen molar-refractivity contribution in [1.29, 1.82) is 0 Å². The van der Waals surface area contributed by atoms with Crippen molar-refractivity contribution in [3.8, 4) is 11.5 Å². The van der Waals surface area contributed by atoms with Crippen LogP contribution >= 0.6 is 0 Å². The molecule has 152 valence electrons. The van der Waals surface area contributed by atoms with Crippen LogP contribution in [0.3, 0.4) is 0 Å². The second-order valence-electron chi connectivity index (χ2n) is 6.82. The highest BCUT2D eigenvalue weighted by molar-refractivity contribution is 7.89. The van der Waals surface area contributed by atoms with Crippen LogP contribution in [0.5, 0.6) is 11.5 Å². The summed E-state index contributed by atoms with van der Waals surface area (Å²) >= 11 is 0. The molecule has 7 heteroatoms. The highest BCUT2D eigenvalue weighted by Gasteiger charge is 2.28. The maximum atomic E-state index is 12.8. The van der Waals surface area contributed by atoms with Crippen molar-refractivity contribution in [3.63, 3.8) is 0 Å². The van der Waals surface area contributed by atoms with Crippen molar-refractivity contribution < 1.29 is 17.9 Å². The van der Waals surface area contributed by atoms with Crippen LogP contribution in [-0.4, -0.2) is 63.6 Å². The fourth-order valence-corrected chi connectivity index (χ4v) is 4.64. The molecule has 6 nitrogen and oxygen atoms in total. The van der Waals surface area contributed by atoms with E-state index in [0.717, 1.165) is 12.3 Å². The molecule has 2 aromatic carbocycles. The SMILES string of the molecule is CCOc1ccc(S(=O)(=O)N2CCN(CCOc3cccc(C)c3)CC2)cc1. The molecule has 1 aliphatic rings. The molecule has 1 saturated heterocycles. The van der Waals surface area contributed by atoms with Gasteiger partial charge >= 0.3 is 0 Å². The molecule has 0 unspecified atom stereocenters. The summed E-state index contributed by atoms with van der Waals surface area (Å²) in [5, 5.41) is 0. The van der Waals surface area contributed by atoms with Gasteiger partial charge in [-0.05, 0) is 55.8 Å². The minimum Gasteiger partial charge on any atom is -0.494 e. The number of sulfonamides is 1. The van der Waals surface area contributed by atoms with Crippen LogP contribution in [0.25, 0.3) is 0 Å². The first kappa shape index (κ1) is 20.6. The fourth-order valence-electron chi connectivity index (χ4n) is 3.21. The molecule has 0 radical (unpaired) electrons. The van der Waals surface area contributed by atoms with E-state index in [1.807, 2.05) is 38.1 Å². The average molecular weight is 405 g/mol. The van der Waals surface area contributed by atoms with Crippen molar-refractivity contribution in [1.82, 2.24) is 9.21 Å². The third-order valence-corrected chi connectivity index (χ3v) is 6.68. The van der Waals surface area contributed by atoms with Crippen molar-refractivity contribution in [2.75, 3.05) is 45.9 Å². The van der Waals surface area contributed by atoms with E-state index < -0.39 is 10.0 Å². The minimum absolute atomic E-state index is 0.312. The first-order valence-corrected chi connectivity index (χ1v) is 11.1. The van der Waals surface area contributed by atoms with Gasteiger partial charge in [0.05, 0.1) is 11.5 Å². The molecular formula is C21H28N2O4S. The molecule has 2 aromatic rings. The van der Waals surface area contributed by atoms with E-state index in [4.69, 9.17) is 9.47 Å². The molecule has 0 N–H and O–H groups in total. The molecule has 0 aromatic heterocycles. The Hall–Kier alpha value is -2.09. The van der Waals surface area contributed by atoms with Gasteiger partial charge in [0.15, 0.2) is 0 Å². The van der Waals surface area contributed by atoms with Crippen LogP contribution in [0.4, 0.5) is 0 Å². The Labute approximate surface area is 167 Å². The van der Waals surface area contributed by atoms with Crippen molar-refractivity contribution in [2.45, 2.75) is 18.7 Å². The van der Waals surface area contributed by atoms with E-state index in [1.165, 1.54) is 5.56 Å². The van der Waals surface area contributed by atoms with Gasteiger partial charge in [0.1, 0.15) is 18.1 Å². The number of hydrogen-bond donors (Lipinski definition) is 0. The van der Waals surface area contributed by atoms with Gasteiger partial charge in [0.2, 0.25) is 10.0 Å². The van der Waals surface area contributed by atoms with Gasteiger partial charge in [-0.15, -0.1) is 0 Å². The maximum absolute atomic E-state index is 12.8. The number of benzene rings is 2. The largest absolute Gasteiger partial charge is 0.494 e. The monoisotopic (exact) mass is 404 g/mol. The molecule has 28 heavy (non-hydrogen) atoms. The summed E-state index contributed by atoms with van der Waals surface area (Å²) in [6.07, 6.45) is 0. The predicted molar refractivity (Wildman–Crippen MR) is 109 cm³/mol. The summed E-state index contributed by atoms with van der Waals surface area (Å²) in [4.78, 5) is 2.55. The quantitative estimate of drug-likeness (QED) is 0.677. The maximum Gasteiger partial charge on any atom is 0.243 e. The Morgan fingerprint density at radius 2 is 1.64 bits per heavy atom. The summed E-state index contributed by atoms with van der Waals surface area (Å²) in [5.41, 5.74) is 1.17. The van der Waals surface area contributed by atoms with Gasteiger partial charge < -0.3 is 9.47 Å². The zero-order chi connectivity index (χ0) is 20.0. The molecule has 0 amide bonds. The zero-order valence-corrected chi connectivity index (χ0v) is 17.3. The molecule has 0 spiro atoms. The van der Waals surface area contributed by atoms with E-state index in [1.54, 1.807) is 28.6 Å². The average Bonchev–Trinajstić information content (AvgIpc) is 2.69. The number of hydrogen-bond acceptors (Lipinski definition) is 5. The lowest BCUT2D eigenvalue weighted by atomic mass is 10.2. The normalized spacial score (nSPS) is 16.1. The number of aryl methyl sites for hydroxylation is 1. The highest BCUT2D eigenvalue weighted by Crippen LogP contribution is 2.21. The first-order valence-electron chi connectivity index (χ1n) is 9.64. The van der Waals surface area contributed by atoms with Gasteiger partial charge in [-0.1, -0.05) is 12.1 Å². The van der Waals surface area contributed by atoms with E-state index >= 15 is 0 Å². The van der Waals surface area contributed by atoms with E-state index in [-0.39, 0.29) is 0 Å². The lowest BCUT2D eigenvalue weighted by molar-refractivity contribution is 0.159. The van der Waals surface area contributed by atoms with Crippen LogP contribution in [0.1, 0.15) is 12.5 Å². The number of ether oxygens (including phenoxy) is 2. The van der Waals surface area contributed by atoms with E-state index in [9.17, 15) is 8.42 Å². The molecule has 1 aliphatic heterocycles.